The number of nitriles is 1. The summed E-state index contributed by atoms with van der Waals surface area (Å²) in [5.74, 6) is 0. The molecule has 1 unspecified atom stereocenters. The van der Waals surface area contributed by atoms with Gasteiger partial charge in [0.1, 0.15) is 6.04 Å². The van der Waals surface area contributed by atoms with Gasteiger partial charge in [0.05, 0.1) is 6.07 Å². The Bertz CT molecular complexity index is 296. The first kappa shape index (κ1) is 9.24. The summed E-state index contributed by atoms with van der Waals surface area (Å²) in [7, 11) is 3.84. The molecule has 0 saturated carbocycles. The zero-order valence-electron chi connectivity index (χ0n) is 7.53. The van der Waals surface area contributed by atoms with Crippen molar-refractivity contribution in [2.24, 2.45) is 0 Å². The molecule has 0 fully saturated rings. The van der Waals surface area contributed by atoms with Gasteiger partial charge in [-0.25, -0.2) is 0 Å². The summed E-state index contributed by atoms with van der Waals surface area (Å²) in [6.45, 7) is 2.05. The van der Waals surface area contributed by atoms with E-state index >= 15 is 0 Å². The number of hydrogen-bond donors (Lipinski definition) is 0. The molecule has 1 aromatic rings. The van der Waals surface area contributed by atoms with Crippen LogP contribution in [0.2, 0.25) is 0 Å². The molecule has 1 heterocycles. The average molecular weight is 180 g/mol. The van der Waals surface area contributed by atoms with Crippen molar-refractivity contribution in [3.05, 3.63) is 21.9 Å². The van der Waals surface area contributed by atoms with E-state index in [2.05, 4.69) is 6.07 Å². The van der Waals surface area contributed by atoms with Crippen LogP contribution in [0.4, 0.5) is 0 Å². The van der Waals surface area contributed by atoms with Crippen molar-refractivity contribution in [1.82, 2.24) is 4.90 Å². The lowest BCUT2D eigenvalue weighted by atomic mass is 10.1. The van der Waals surface area contributed by atoms with Crippen LogP contribution >= 0.6 is 11.3 Å². The van der Waals surface area contributed by atoms with Crippen molar-refractivity contribution in [2.45, 2.75) is 13.0 Å². The van der Waals surface area contributed by atoms with Gasteiger partial charge in [0.25, 0.3) is 0 Å². The summed E-state index contributed by atoms with van der Waals surface area (Å²) in [6.07, 6.45) is 0. The molecule has 2 nitrogen and oxygen atoms in total. The fourth-order valence-corrected chi connectivity index (χ4v) is 1.88. The first-order valence-corrected chi connectivity index (χ1v) is 4.65. The summed E-state index contributed by atoms with van der Waals surface area (Å²) < 4.78 is 0. The van der Waals surface area contributed by atoms with Gasteiger partial charge < -0.3 is 0 Å². The summed E-state index contributed by atoms with van der Waals surface area (Å²) in [4.78, 5) is 3.16. The minimum absolute atomic E-state index is 0.101. The predicted octanol–water partition coefficient (Wildman–Crippen LogP) is 2.18. The van der Waals surface area contributed by atoms with Crippen LogP contribution in [0.25, 0.3) is 0 Å². The van der Waals surface area contributed by atoms with Crippen molar-refractivity contribution in [3.8, 4) is 6.07 Å². The van der Waals surface area contributed by atoms with Gasteiger partial charge in [0, 0.05) is 4.88 Å². The lowest BCUT2D eigenvalue weighted by molar-refractivity contribution is 0.358. The molecule has 0 radical (unpaired) electrons. The molecule has 0 aliphatic heterocycles. The third-order valence-corrected chi connectivity index (χ3v) is 2.69. The van der Waals surface area contributed by atoms with Crippen LogP contribution in [0.3, 0.4) is 0 Å². The molecule has 64 valence electrons. The summed E-state index contributed by atoms with van der Waals surface area (Å²) in [5.41, 5.74) is 1.13. The van der Waals surface area contributed by atoms with Crippen LogP contribution in [0.15, 0.2) is 11.4 Å². The van der Waals surface area contributed by atoms with Gasteiger partial charge in [0.2, 0.25) is 0 Å². The maximum atomic E-state index is 8.91. The Morgan fingerprint density at radius 2 is 2.25 bits per heavy atom. The molecule has 0 bridgehead atoms. The van der Waals surface area contributed by atoms with Gasteiger partial charge >= 0.3 is 0 Å². The first-order chi connectivity index (χ1) is 5.66. The Kier molecular flexibility index (Phi) is 2.85. The second kappa shape index (κ2) is 3.70. The van der Waals surface area contributed by atoms with E-state index in [4.69, 9.17) is 5.26 Å². The highest BCUT2D eigenvalue weighted by Gasteiger charge is 2.15. The minimum atomic E-state index is -0.101. The minimum Gasteiger partial charge on any atom is -0.290 e. The molecule has 0 aliphatic carbocycles. The van der Waals surface area contributed by atoms with E-state index in [0.717, 1.165) is 5.56 Å². The summed E-state index contributed by atoms with van der Waals surface area (Å²) >= 11 is 1.69. The third kappa shape index (κ3) is 1.66. The smallest absolute Gasteiger partial charge is 0.124 e. The third-order valence-electron chi connectivity index (χ3n) is 1.83. The number of aryl methyl sites for hydroxylation is 1. The maximum Gasteiger partial charge on any atom is 0.124 e. The quantitative estimate of drug-likeness (QED) is 0.697. The number of rotatable bonds is 2. The second-order valence-electron chi connectivity index (χ2n) is 2.93. The lowest BCUT2D eigenvalue weighted by Gasteiger charge is -2.16. The molecule has 1 aromatic heterocycles. The largest absolute Gasteiger partial charge is 0.290 e. The van der Waals surface area contributed by atoms with Gasteiger partial charge in [-0.15, -0.1) is 11.3 Å². The van der Waals surface area contributed by atoms with Gasteiger partial charge in [-0.05, 0) is 38.0 Å². The molecule has 0 amide bonds. The van der Waals surface area contributed by atoms with E-state index in [1.54, 1.807) is 11.3 Å². The molecule has 1 atom stereocenters. The Balaban J connectivity index is 2.97. The number of nitrogens with zero attached hydrogens (tertiary/aromatic N) is 2. The molecule has 3 heteroatoms. The van der Waals surface area contributed by atoms with Crippen molar-refractivity contribution in [1.29, 1.82) is 5.26 Å². The van der Waals surface area contributed by atoms with Crippen molar-refractivity contribution in [3.63, 3.8) is 0 Å². The second-order valence-corrected chi connectivity index (χ2v) is 4.05. The summed E-state index contributed by atoms with van der Waals surface area (Å²) in [6, 6.07) is 4.20. The average Bonchev–Trinajstić information content (AvgIpc) is 2.38. The van der Waals surface area contributed by atoms with E-state index in [9.17, 15) is 0 Å². The molecule has 0 saturated heterocycles. The summed E-state index contributed by atoms with van der Waals surface area (Å²) in [5, 5.41) is 10.9. The highest BCUT2D eigenvalue weighted by atomic mass is 32.1. The van der Waals surface area contributed by atoms with E-state index in [0.29, 0.717) is 0 Å². The van der Waals surface area contributed by atoms with Crippen LogP contribution in [0.5, 0.6) is 0 Å². The Labute approximate surface area is 77.0 Å². The van der Waals surface area contributed by atoms with E-state index in [1.807, 2.05) is 37.4 Å². The van der Waals surface area contributed by atoms with E-state index in [1.165, 1.54) is 4.88 Å². The molecule has 0 aromatic carbocycles. The Morgan fingerprint density at radius 1 is 1.58 bits per heavy atom. The van der Waals surface area contributed by atoms with E-state index in [-0.39, 0.29) is 6.04 Å². The van der Waals surface area contributed by atoms with Crippen LogP contribution in [0, 0.1) is 18.3 Å². The fraction of sp³-hybridized carbons (Fsp3) is 0.444. The predicted molar refractivity (Wildman–Crippen MR) is 51.1 cm³/mol. The monoisotopic (exact) mass is 180 g/mol. The first-order valence-electron chi connectivity index (χ1n) is 3.77. The normalized spacial score (nSPS) is 12.9. The standard InChI is InChI=1S/C9H12N2S/c1-7-8(4-5-12-7)9(6-10)11(2)3/h4-5,9H,1-3H3. The molecule has 0 N–H and O–H groups in total. The Hall–Kier alpha value is -0.850. The zero-order chi connectivity index (χ0) is 9.14. The van der Waals surface area contributed by atoms with Crippen molar-refractivity contribution < 1.29 is 0 Å². The number of thiophene rings is 1. The van der Waals surface area contributed by atoms with Crippen molar-refractivity contribution >= 4 is 11.3 Å². The molecular weight excluding hydrogens is 168 g/mol. The van der Waals surface area contributed by atoms with Crippen molar-refractivity contribution in [2.75, 3.05) is 14.1 Å². The number of hydrogen-bond acceptors (Lipinski definition) is 3. The Morgan fingerprint density at radius 3 is 2.58 bits per heavy atom. The SMILES string of the molecule is Cc1sccc1C(C#N)N(C)C. The topological polar surface area (TPSA) is 27.0 Å². The highest BCUT2D eigenvalue weighted by Crippen LogP contribution is 2.24. The molecular formula is C9H12N2S. The highest BCUT2D eigenvalue weighted by molar-refractivity contribution is 7.10. The molecule has 1 rings (SSSR count). The van der Waals surface area contributed by atoms with Gasteiger partial charge in [-0.1, -0.05) is 0 Å². The zero-order valence-corrected chi connectivity index (χ0v) is 8.35. The molecule has 0 aliphatic rings. The lowest BCUT2D eigenvalue weighted by Crippen LogP contribution is -2.18. The van der Waals surface area contributed by atoms with Gasteiger partial charge in [-0.3, -0.25) is 4.90 Å². The van der Waals surface area contributed by atoms with Crippen LogP contribution in [-0.2, 0) is 0 Å². The van der Waals surface area contributed by atoms with Crippen LogP contribution in [0.1, 0.15) is 16.5 Å². The molecule has 0 spiro atoms. The van der Waals surface area contributed by atoms with Crippen LogP contribution in [-0.4, -0.2) is 19.0 Å². The molecule has 12 heavy (non-hydrogen) atoms. The van der Waals surface area contributed by atoms with Gasteiger partial charge in [0.15, 0.2) is 0 Å². The maximum absolute atomic E-state index is 8.91. The van der Waals surface area contributed by atoms with E-state index < -0.39 is 0 Å². The van der Waals surface area contributed by atoms with Gasteiger partial charge in [-0.2, -0.15) is 5.26 Å². The fourth-order valence-electron chi connectivity index (χ4n) is 1.14. The van der Waals surface area contributed by atoms with Crippen LogP contribution < -0.4 is 0 Å².